The standard InChI is InChI=1S/C9H14N2O/c1-8(11-7-12)6-9-4-2-3-5-10-9/h9-10H,1-6H2. The fraction of sp³-hybridized carbons (Fsp3) is 0.667. The molecule has 0 spiro atoms. The van der Waals surface area contributed by atoms with Crippen molar-refractivity contribution in [2.45, 2.75) is 31.7 Å². The molecule has 0 radical (unpaired) electrons. The Kier molecular flexibility index (Phi) is 3.71. The van der Waals surface area contributed by atoms with Gasteiger partial charge in [0.05, 0.1) is 0 Å². The lowest BCUT2D eigenvalue weighted by Gasteiger charge is -2.22. The Labute approximate surface area is 72.6 Å². The number of nitrogens with zero attached hydrogens (tertiary/aromatic N) is 1. The summed E-state index contributed by atoms with van der Waals surface area (Å²) in [5.41, 5.74) is 0.629. The Morgan fingerprint density at radius 2 is 2.50 bits per heavy atom. The maximum absolute atomic E-state index is 9.88. The highest BCUT2D eigenvalue weighted by Crippen LogP contribution is 2.13. The van der Waals surface area contributed by atoms with Gasteiger partial charge in [-0.25, -0.2) is 4.79 Å². The van der Waals surface area contributed by atoms with Crippen LogP contribution >= 0.6 is 0 Å². The molecule has 1 atom stereocenters. The van der Waals surface area contributed by atoms with Crippen LogP contribution in [0, 0.1) is 0 Å². The fourth-order valence-electron chi connectivity index (χ4n) is 1.49. The van der Waals surface area contributed by atoms with E-state index in [0.717, 1.165) is 19.4 Å². The van der Waals surface area contributed by atoms with Crippen LogP contribution in [0.15, 0.2) is 17.3 Å². The van der Waals surface area contributed by atoms with Crippen LogP contribution in [-0.4, -0.2) is 18.7 Å². The molecule has 1 N–H and O–H groups in total. The van der Waals surface area contributed by atoms with Crippen LogP contribution in [0.1, 0.15) is 25.7 Å². The number of aliphatic imine (C=N–C) groups is 1. The van der Waals surface area contributed by atoms with E-state index < -0.39 is 0 Å². The van der Waals surface area contributed by atoms with E-state index in [1.807, 2.05) is 0 Å². The van der Waals surface area contributed by atoms with Gasteiger partial charge in [0.25, 0.3) is 0 Å². The third-order valence-corrected chi connectivity index (χ3v) is 2.10. The number of piperidine rings is 1. The van der Waals surface area contributed by atoms with Crippen molar-refractivity contribution in [1.82, 2.24) is 5.32 Å². The van der Waals surface area contributed by atoms with Crippen LogP contribution in [0.25, 0.3) is 0 Å². The smallest absolute Gasteiger partial charge is 0.240 e. The summed E-state index contributed by atoms with van der Waals surface area (Å²) in [6.45, 7) is 4.74. The van der Waals surface area contributed by atoms with Crippen molar-refractivity contribution in [2.24, 2.45) is 4.99 Å². The summed E-state index contributed by atoms with van der Waals surface area (Å²) in [4.78, 5) is 13.4. The zero-order chi connectivity index (χ0) is 8.81. The third-order valence-electron chi connectivity index (χ3n) is 2.10. The fourth-order valence-corrected chi connectivity index (χ4v) is 1.49. The number of nitrogens with one attached hydrogen (secondary N) is 1. The summed E-state index contributed by atoms with van der Waals surface area (Å²) in [6, 6.07) is 0.461. The average molecular weight is 166 g/mol. The van der Waals surface area contributed by atoms with Crippen LogP contribution in [0.3, 0.4) is 0 Å². The molecule has 1 aliphatic heterocycles. The second kappa shape index (κ2) is 4.86. The topological polar surface area (TPSA) is 41.5 Å². The first-order valence-corrected chi connectivity index (χ1v) is 4.32. The molecule has 0 amide bonds. The Morgan fingerprint density at radius 1 is 1.67 bits per heavy atom. The van der Waals surface area contributed by atoms with Gasteiger partial charge in [0.1, 0.15) is 0 Å². The Bertz CT molecular complexity index is 201. The van der Waals surface area contributed by atoms with Crippen LogP contribution in [-0.2, 0) is 4.79 Å². The van der Waals surface area contributed by atoms with Crippen LogP contribution < -0.4 is 5.32 Å². The molecule has 12 heavy (non-hydrogen) atoms. The van der Waals surface area contributed by atoms with E-state index in [9.17, 15) is 4.79 Å². The lowest BCUT2D eigenvalue weighted by molar-refractivity contribution is 0.398. The van der Waals surface area contributed by atoms with E-state index >= 15 is 0 Å². The Morgan fingerprint density at radius 3 is 3.08 bits per heavy atom. The van der Waals surface area contributed by atoms with Crippen molar-refractivity contribution in [1.29, 1.82) is 0 Å². The predicted octanol–water partition coefficient (Wildman–Crippen LogP) is 1.37. The molecule has 1 saturated heterocycles. The number of rotatable bonds is 3. The van der Waals surface area contributed by atoms with Crippen molar-refractivity contribution in [3.63, 3.8) is 0 Å². The summed E-state index contributed by atoms with van der Waals surface area (Å²) in [6.07, 6.45) is 5.95. The molecule has 0 aromatic carbocycles. The summed E-state index contributed by atoms with van der Waals surface area (Å²) in [5.74, 6) is 0. The van der Waals surface area contributed by atoms with E-state index in [1.54, 1.807) is 0 Å². The predicted molar refractivity (Wildman–Crippen MR) is 47.5 cm³/mol. The zero-order valence-electron chi connectivity index (χ0n) is 7.18. The first-order chi connectivity index (χ1) is 5.83. The molecule has 0 aromatic heterocycles. The minimum atomic E-state index is 0.461. The van der Waals surface area contributed by atoms with Gasteiger partial charge in [-0.2, -0.15) is 4.99 Å². The van der Waals surface area contributed by atoms with Gasteiger partial charge in [-0.3, -0.25) is 0 Å². The lowest BCUT2D eigenvalue weighted by atomic mass is 10.0. The molecule has 3 nitrogen and oxygen atoms in total. The van der Waals surface area contributed by atoms with Crippen molar-refractivity contribution < 1.29 is 4.79 Å². The number of hydrogen-bond donors (Lipinski definition) is 1. The molecular formula is C9H14N2O. The maximum atomic E-state index is 9.88. The molecule has 3 heteroatoms. The minimum Gasteiger partial charge on any atom is -0.314 e. The quantitative estimate of drug-likeness (QED) is 0.508. The van der Waals surface area contributed by atoms with E-state index in [1.165, 1.54) is 18.9 Å². The highest BCUT2D eigenvalue weighted by Gasteiger charge is 2.12. The van der Waals surface area contributed by atoms with Crippen LogP contribution in [0.2, 0.25) is 0 Å². The first-order valence-electron chi connectivity index (χ1n) is 4.32. The Hall–Kier alpha value is -0.920. The van der Waals surface area contributed by atoms with Crippen molar-refractivity contribution in [3.8, 4) is 0 Å². The molecule has 0 aromatic rings. The van der Waals surface area contributed by atoms with Gasteiger partial charge in [-0.05, 0) is 19.4 Å². The van der Waals surface area contributed by atoms with E-state index in [-0.39, 0.29) is 0 Å². The molecule has 1 unspecified atom stereocenters. The zero-order valence-corrected chi connectivity index (χ0v) is 7.18. The number of carbonyl (C=O) groups excluding carboxylic acids is 1. The van der Waals surface area contributed by atoms with Gasteiger partial charge >= 0.3 is 0 Å². The summed E-state index contributed by atoms with van der Waals surface area (Å²) < 4.78 is 0. The minimum absolute atomic E-state index is 0.461. The molecule has 0 bridgehead atoms. The molecule has 0 aliphatic carbocycles. The molecule has 0 saturated carbocycles. The second-order valence-corrected chi connectivity index (χ2v) is 3.12. The summed E-state index contributed by atoms with van der Waals surface area (Å²) >= 11 is 0. The monoisotopic (exact) mass is 166 g/mol. The molecule has 1 heterocycles. The van der Waals surface area contributed by atoms with Crippen molar-refractivity contribution >= 4 is 6.08 Å². The SMILES string of the molecule is C=C(CC1CCCCN1)N=C=O. The molecule has 1 aliphatic rings. The van der Waals surface area contributed by atoms with Gasteiger partial charge in [0, 0.05) is 18.2 Å². The molecule has 66 valence electrons. The second-order valence-electron chi connectivity index (χ2n) is 3.12. The largest absolute Gasteiger partial charge is 0.314 e. The molecular weight excluding hydrogens is 152 g/mol. The highest BCUT2D eigenvalue weighted by atomic mass is 16.1. The first kappa shape index (κ1) is 9.17. The summed E-state index contributed by atoms with van der Waals surface area (Å²) in [7, 11) is 0. The van der Waals surface area contributed by atoms with Crippen molar-refractivity contribution in [3.05, 3.63) is 12.3 Å². The molecule has 1 rings (SSSR count). The maximum Gasteiger partial charge on any atom is 0.240 e. The normalized spacial score (nSPS) is 22.8. The highest BCUT2D eigenvalue weighted by molar-refractivity contribution is 5.36. The third kappa shape index (κ3) is 2.99. The molecule has 1 fully saturated rings. The Balaban J connectivity index is 2.29. The van der Waals surface area contributed by atoms with Gasteiger partial charge in [0.2, 0.25) is 6.08 Å². The van der Waals surface area contributed by atoms with Crippen LogP contribution in [0.5, 0.6) is 0 Å². The summed E-state index contributed by atoms with van der Waals surface area (Å²) in [5, 5.41) is 3.36. The van der Waals surface area contributed by atoms with Crippen molar-refractivity contribution in [2.75, 3.05) is 6.54 Å². The van der Waals surface area contributed by atoms with Gasteiger partial charge in [0.15, 0.2) is 0 Å². The lowest BCUT2D eigenvalue weighted by Crippen LogP contribution is -2.33. The van der Waals surface area contributed by atoms with Crippen LogP contribution in [0.4, 0.5) is 0 Å². The van der Waals surface area contributed by atoms with Gasteiger partial charge in [-0.1, -0.05) is 13.0 Å². The van der Waals surface area contributed by atoms with Gasteiger partial charge in [-0.15, -0.1) is 0 Å². The van der Waals surface area contributed by atoms with E-state index in [4.69, 9.17) is 0 Å². The average Bonchev–Trinajstić information content (AvgIpc) is 2.06. The van der Waals surface area contributed by atoms with E-state index in [0.29, 0.717) is 11.7 Å². The number of isocyanates is 1. The number of hydrogen-bond acceptors (Lipinski definition) is 3. The van der Waals surface area contributed by atoms with Gasteiger partial charge < -0.3 is 5.32 Å². The van der Waals surface area contributed by atoms with E-state index in [2.05, 4.69) is 16.9 Å².